The number of aromatic nitrogens is 2. The molecule has 0 bridgehead atoms. The van der Waals surface area contributed by atoms with Crippen LogP contribution in [0.2, 0.25) is 0 Å². The lowest BCUT2D eigenvalue weighted by Gasteiger charge is -2.11. The van der Waals surface area contributed by atoms with E-state index in [1.807, 2.05) is 17.5 Å². The summed E-state index contributed by atoms with van der Waals surface area (Å²) in [5.74, 6) is -0.331. The van der Waals surface area contributed by atoms with Crippen molar-refractivity contribution in [2.75, 3.05) is 0 Å². The van der Waals surface area contributed by atoms with Gasteiger partial charge in [-0.3, -0.25) is 4.79 Å². The molecule has 0 aliphatic carbocycles. The van der Waals surface area contributed by atoms with E-state index in [1.165, 1.54) is 40.3 Å². The van der Waals surface area contributed by atoms with E-state index in [0.29, 0.717) is 11.3 Å². The molecular weight excluding hydrogens is 341 g/mol. The highest BCUT2D eigenvalue weighted by molar-refractivity contribution is 7.13. The Morgan fingerprint density at radius 1 is 1.12 bits per heavy atom. The summed E-state index contributed by atoms with van der Waals surface area (Å²) in [6.45, 7) is 0.0487. The molecule has 2 heterocycles. The number of rotatable bonds is 4. The minimum absolute atomic E-state index is 0.0487. The summed E-state index contributed by atoms with van der Waals surface area (Å²) >= 11 is 1.48. The first kappa shape index (κ1) is 16.3. The Bertz CT molecular complexity index is 889. The van der Waals surface area contributed by atoms with Crippen LogP contribution in [0.3, 0.4) is 0 Å². The molecule has 0 aliphatic heterocycles. The maximum atomic E-state index is 12.3. The zero-order valence-corrected chi connectivity index (χ0v) is 13.0. The predicted octanol–water partition coefficient (Wildman–Crippen LogP) is 3.92. The molecule has 3 rings (SSSR count). The molecule has 4 nitrogen and oxygen atoms in total. The van der Waals surface area contributed by atoms with Crippen LogP contribution in [0.25, 0.3) is 10.6 Å². The van der Waals surface area contributed by atoms with Gasteiger partial charge in [-0.25, -0.2) is 4.68 Å². The van der Waals surface area contributed by atoms with Crippen molar-refractivity contribution in [2.45, 2.75) is 12.9 Å². The number of hydrogen-bond donors (Lipinski definition) is 0. The van der Waals surface area contributed by atoms with Gasteiger partial charge in [0.05, 0.1) is 11.4 Å². The van der Waals surface area contributed by atoms with Gasteiger partial charge in [-0.15, -0.1) is 24.5 Å². The average Bonchev–Trinajstić information content (AvgIpc) is 3.02. The highest BCUT2D eigenvalue weighted by Gasteiger charge is 2.31. The predicted molar refractivity (Wildman–Crippen MR) is 84.0 cm³/mol. The van der Waals surface area contributed by atoms with Gasteiger partial charge in [0, 0.05) is 6.07 Å². The van der Waals surface area contributed by atoms with Gasteiger partial charge in [0.25, 0.3) is 5.56 Å². The van der Waals surface area contributed by atoms with Crippen LogP contribution in [0.5, 0.6) is 5.75 Å². The zero-order valence-electron chi connectivity index (χ0n) is 12.2. The summed E-state index contributed by atoms with van der Waals surface area (Å²) in [4.78, 5) is 12.9. The van der Waals surface area contributed by atoms with Crippen molar-refractivity contribution in [3.63, 3.8) is 0 Å². The summed E-state index contributed by atoms with van der Waals surface area (Å²) in [7, 11) is 0. The fourth-order valence-electron chi connectivity index (χ4n) is 2.13. The van der Waals surface area contributed by atoms with Gasteiger partial charge in [-0.2, -0.15) is 5.10 Å². The molecule has 2 aromatic heterocycles. The molecule has 24 heavy (non-hydrogen) atoms. The Morgan fingerprint density at radius 3 is 2.67 bits per heavy atom. The average molecular weight is 352 g/mol. The number of thiophene rings is 1. The molecule has 8 heteroatoms. The summed E-state index contributed by atoms with van der Waals surface area (Å²) in [5.41, 5.74) is 0.777. The van der Waals surface area contributed by atoms with Gasteiger partial charge in [0.2, 0.25) is 0 Å². The Balaban J connectivity index is 1.87. The van der Waals surface area contributed by atoms with Crippen LogP contribution < -0.4 is 10.3 Å². The third kappa shape index (κ3) is 4.02. The second kappa shape index (κ2) is 6.48. The molecular formula is C16H11F3N2O2S. The smallest absolute Gasteiger partial charge is 0.406 e. The lowest BCUT2D eigenvalue weighted by molar-refractivity contribution is -0.274. The monoisotopic (exact) mass is 352 g/mol. The van der Waals surface area contributed by atoms with E-state index >= 15 is 0 Å². The summed E-state index contributed by atoms with van der Waals surface area (Å²) in [6.07, 6.45) is -4.76. The van der Waals surface area contributed by atoms with E-state index in [-0.39, 0.29) is 17.9 Å². The molecule has 1 aromatic carbocycles. The van der Waals surface area contributed by atoms with Crippen molar-refractivity contribution < 1.29 is 17.9 Å². The summed E-state index contributed by atoms with van der Waals surface area (Å²) < 4.78 is 42.0. The number of ether oxygens (including phenoxy) is 1. The maximum Gasteiger partial charge on any atom is 0.573 e. The Kier molecular flexibility index (Phi) is 4.39. The standard InChI is InChI=1S/C16H11F3N2O2S/c17-16(18,19)23-12-4-1-3-11(9-12)10-21-15(22)7-6-13(20-21)14-5-2-8-24-14/h1-9H,10H2. The normalized spacial score (nSPS) is 11.5. The van der Waals surface area contributed by atoms with E-state index in [1.54, 1.807) is 12.1 Å². The summed E-state index contributed by atoms with van der Waals surface area (Å²) in [5, 5.41) is 6.16. The van der Waals surface area contributed by atoms with E-state index in [9.17, 15) is 18.0 Å². The van der Waals surface area contributed by atoms with Crippen molar-refractivity contribution in [3.8, 4) is 16.3 Å². The molecule has 0 spiro atoms. The van der Waals surface area contributed by atoms with Gasteiger partial charge >= 0.3 is 6.36 Å². The quantitative estimate of drug-likeness (QED) is 0.715. The lowest BCUT2D eigenvalue weighted by atomic mass is 10.2. The Labute approximate surface area is 138 Å². The van der Waals surface area contributed by atoms with E-state index in [0.717, 1.165) is 4.88 Å². The second-order valence-electron chi connectivity index (χ2n) is 4.89. The molecule has 0 atom stereocenters. The molecule has 0 unspecified atom stereocenters. The highest BCUT2D eigenvalue weighted by Crippen LogP contribution is 2.24. The molecule has 0 radical (unpaired) electrons. The number of alkyl halides is 3. The maximum absolute atomic E-state index is 12.3. The van der Waals surface area contributed by atoms with Gasteiger partial charge in [-0.05, 0) is 35.2 Å². The molecule has 0 amide bonds. The van der Waals surface area contributed by atoms with Crippen molar-refractivity contribution in [3.05, 3.63) is 69.8 Å². The van der Waals surface area contributed by atoms with Crippen molar-refractivity contribution in [2.24, 2.45) is 0 Å². The fraction of sp³-hybridized carbons (Fsp3) is 0.125. The van der Waals surface area contributed by atoms with E-state index in [4.69, 9.17) is 0 Å². The SMILES string of the molecule is O=c1ccc(-c2cccs2)nn1Cc1cccc(OC(F)(F)F)c1. The molecule has 0 N–H and O–H groups in total. The third-order valence-corrected chi connectivity index (χ3v) is 4.00. The number of halogens is 3. The van der Waals surface area contributed by atoms with Crippen LogP contribution in [0.4, 0.5) is 13.2 Å². The number of benzene rings is 1. The van der Waals surface area contributed by atoms with Crippen molar-refractivity contribution in [1.82, 2.24) is 9.78 Å². The third-order valence-electron chi connectivity index (χ3n) is 3.10. The van der Waals surface area contributed by atoms with Gasteiger partial charge in [-0.1, -0.05) is 18.2 Å². The fourth-order valence-corrected chi connectivity index (χ4v) is 2.82. The van der Waals surface area contributed by atoms with Crippen LogP contribution in [-0.2, 0) is 6.54 Å². The topological polar surface area (TPSA) is 44.1 Å². The van der Waals surface area contributed by atoms with Crippen molar-refractivity contribution in [1.29, 1.82) is 0 Å². The minimum Gasteiger partial charge on any atom is -0.406 e. The Hall–Kier alpha value is -2.61. The van der Waals surface area contributed by atoms with E-state index in [2.05, 4.69) is 9.84 Å². The lowest BCUT2D eigenvalue weighted by Crippen LogP contribution is -2.23. The first-order chi connectivity index (χ1) is 11.4. The zero-order chi connectivity index (χ0) is 17.2. The first-order valence-corrected chi connectivity index (χ1v) is 7.75. The van der Waals surface area contributed by atoms with Gasteiger partial charge < -0.3 is 4.74 Å². The second-order valence-corrected chi connectivity index (χ2v) is 5.83. The molecule has 3 aromatic rings. The van der Waals surface area contributed by atoms with Crippen LogP contribution in [0.15, 0.2) is 58.7 Å². The van der Waals surface area contributed by atoms with E-state index < -0.39 is 6.36 Å². The number of hydrogen-bond acceptors (Lipinski definition) is 4. The Morgan fingerprint density at radius 2 is 1.96 bits per heavy atom. The first-order valence-electron chi connectivity index (χ1n) is 6.87. The van der Waals surface area contributed by atoms with Crippen LogP contribution in [0.1, 0.15) is 5.56 Å². The number of nitrogens with zero attached hydrogens (tertiary/aromatic N) is 2. The molecule has 0 aliphatic rings. The highest BCUT2D eigenvalue weighted by atomic mass is 32.1. The summed E-state index contributed by atoms with van der Waals surface area (Å²) in [6, 6.07) is 12.2. The molecule has 0 saturated carbocycles. The van der Waals surface area contributed by atoms with Crippen LogP contribution in [-0.4, -0.2) is 16.1 Å². The molecule has 0 fully saturated rings. The van der Waals surface area contributed by atoms with Crippen molar-refractivity contribution >= 4 is 11.3 Å². The minimum atomic E-state index is -4.76. The molecule has 124 valence electrons. The van der Waals surface area contributed by atoms with Crippen LogP contribution >= 0.6 is 11.3 Å². The van der Waals surface area contributed by atoms with Gasteiger partial charge in [0.15, 0.2) is 0 Å². The van der Waals surface area contributed by atoms with Gasteiger partial charge in [0.1, 0.15) is 11.4 Å². The largest absolute Gasteiger partial charge is 0.573 e. The molecule has 0 saturated heterocycles. The van der Waals surface area contributed by atoms with Crippen LogP contribution in [0, 0.1) is 0 Å².